The Balaban J connectivity index is 1.50. The smallest absolute Gasteiger partial charge is 0.275 e. The Morgan fingerprint density at radius 1 is 1.23 bits per heavy atom. The minimum absolute atomic E-state index is 0.190. The molecule has 0 bridgehead atoms. The van der Waals surface area contributed by atoms with E-state index in [0.29, 0.717) is 33.4 Å². The molecule has 0 radical (unpaired) electrons. The van der Waals surface area contributed by atoms with Gasteiger partial charge in [-0.25, -0.2) is 9.97 Å². The van der Waals surface area contributed by atoms with Gasteiger partial charge in [0, 0.05) is 32.9 Å². The third-order valence-corrected chi connectivity index (χ3v) is 7.43. The highest BCUT2D eigenvalue weighted by Crippen LogP contribution is 2.37. The van der Waals surface area contributed by atoms with Gasteiger partial charge in [0.2, 0.25) is 0 Å². The van der Waals surface area contributed by atoms with Crippen molar-refractivity contribution in [3.8, 4) is 11.3 Å². The fourth-order valence-corrected chi connectivity index (χ4v) is 5.26. The molecule has 1 unspecified atom stereocenters. The van der Waals surface area contributed by atoms with E-state index in [2.05, 4.69) is 26.4 Å². The van der Waals surface area contributed by atoms with E-state index in [4.69, 9.17) is 11.6 Å². The molecule has 1 atom stereocenters. The summed E-state index contributed by atoms with van der Waals surface area (Å²) < 4.78 is 5.31. The molecule has 0 spiro atoms. The Morgan fingerprint density at radius 2 is 2.00 bits per heavy atom. The first-order chi connectivity index (χ1) is 18.6. The molecule has 4 heterocycles. The average Bonchev–Trinajstić information content (AvgIpc) is 3.47. The highest BCUT2D eigenvalue weighted by atomic mass is 35.5. The van der Waals surface area contributed by atoms with Crippen LogP contribution in [0, 0.1) is 6.92 Å². The zero-order valence-electron chi connectivity index (χ0n) is 22.4. The van der Waals surface area contributed by atoms with Crippen LogP contribution in [0.2, 0.25) is 5.15 Å². The van der Waals surface area contributed by atoms with E-state index in [9.17, 15) is 9.59 Å². The number of benzene rings is 1. The first-order valence-electron chi connectivity index (χ1n) is 12.8. The number of carbonyl (C=O) groups is 1. The number of anilines is 1. The summed E-state index contributed by atoms with van der Waals surface area (Å²) in [5, 5.41) is 9.06. The Labute approximate surface area is 229 Å². The van der Waals surface area contributed by atoms with E-state index in [-0.39, 0.29) is 23.2 Å². The van der Waals surface area contributed by atoms with Crippen molar-refractivity contribution >= 4 is 39.7 Å². The lowest BCUT2D eigenvalue weighted by atomic mass is 10.0. The van der Waals surface area contributed by atoms with Crippen molar-refractivity contribution in [3.63, 3.8) is 0 Å². The normalized spacial score (nSPS) is 14.2. The number of aryl methyl sites for hydroxylation is 2. The van der Waals surface area contributed by atoms with Crippen molar-refractivity contribution in [3.05, 3.63) is 75.3 Å². The number of carbonyl (C=O) groups excluding carboxylic acids is 1. The van der Waals surface area contributed by atoms with Crippen LogP contribution in [-0.2, 0) is 7.05 Å². The average molecular weight is 545 g/mol. The number of pyridine rings is 1. The molecule has 4 aromatic heterocycles. The molecular formula is C28H29ClN8O2. The van der Waals surface area contributed by atoms with Gasteiger partial charge in [0.05, 0.1) is 40.6 Å². The number of nitrogens with one attached hydrogen (secondary N) is 1. The van der Waals surface area contributed by atoms with Crippen LogP contribution < -0.4 is 10.9 Å². The maximum absolute atomic E-state index is 13.6. The van der Waals surface area contributed by atoms with Gasteiger partial charge in [-0.2, -0.15) is 5.10 Å². The predicted octanol–water partition coefficient (Wildman–Crippen LogP) is 4.62. The number of imidazole rings is 1. The van der Waals surface area contributed by atoms with Crippen LogP contribution in [0.1, 0.15) is 53.5 Å². The Bertz CT molecular complexity index is 1830. The predicted molar refractivity (Wildman–Crippen MR) is 151 cm³/mol. The third kappa shape index (κ3) is 4.24. The number of nitrogens with zero attached hydrogens (tertiary/aromatic N) is 7. The van der Waals surface area contributed by atoms with Crippen LogP contribution in [0.25, 0.3) is 27.8 Å². The Morgan fingerprint density at radius 3 is 2.72 bits per heavy atom. The molecule has 0 aliphatic heterocycles. The molecule has 1 N–H and O–H groups in total. The molecule has 5 aromatic rings. The standard InChI is InChI=1S/C28H29ClN8O2/c1-15-10-19(25-20(11-15)27(38)35(5)26-24(28(39)34(3)4)30-14-36(25)26)16(2)32-21-8-9-22(29)33-23(21)17-12-31-37(13-17)18-6-7-18/h8-14,16,18,32H,6-7H2,1-5H3. The quantitative estimate of drug-likeness (QED) is 0.313. The number of amides is 1. The van der Waals surface area contributed by atoms with Gasteiger partial charge in [-0.3, -0.25) is 23.2 Å². The number of fused-ring (bicyclic) bond motifs is 3. The van der Waals surface area contributed by atoms with Gasteiger partial charge in [0.1, 0.15) is 11.5 Å². The lowest BCUT2D eigenvalue weighted by Gasteiger charge is -2.21. The molecule has 1 fully saturated rings. The minimum Gasteiger partial charge on any atom is -0.377 e. The summed E-state index contributed by atoms with van der Waals surface area (Å²) in [6.45, 7) is 4.00. The van der Waals surface area contributed by atoms with Crippen molar-refractivity contribution in [1.82, 2.24) is 33.6 Å². The summed E-state index contributed by atoms with van der Waals surface area (Å²) in [5.74, 6) is -0.268. The van der Waals surface area contributed by atoms with Crippen molar-refractivity contribution in [1.29, 1.82) is 0 Å². The van der Waals surface area contributed by atoms with Crippen molar-refractivity contribution in [2.75, 3.05) is 19.4 Å². The number of hydrogen-bond acceptors (Lipinski definition) is 6. The lowest BCUT2D eigenvalue weighted by Crippen LogP contribution is -2.26. The molecule has 0 saturated heterocycles. The second kappa shape index (κ2) is 9.23. The van der Waals surface area contributed by atoms with Gasteiger partial charge in [0.15, 0.2) is 11.3 Å². The van der Waals surface area contributed by atoms with E-state index in [0.717, 1.165) is 35.2 Å². The maximum Gasteiger partial charge on any atom is 0.275 e. The van der Waals surface area contributed by atoms with E-state index >= 15 is 0 Å². The van der Waals surface area contributed by atoms with E-state index in [1.54, 1.807) is 33.5 Å². The van der Waals surface area contributed by atoms with Crippen LogP contribution in [0.4, 0.5) is 5.69 Å². The number of hydrogen-bond donors (Lipinski definition) is 1. The summed E-state index contributed by atoms with van der Waals surface area (Å²) in [4.78, 5) is 36.9. The number of halogens is 1. The zero-order valence-corrected chi connectivity index (χ0v) is 23.2. The molecule has 6 rings (SSSR count). The molecule has 200 valence electrons. The molecule has 1 aliphatic rings. The summed E-state index contributed by atoms with van der Waals surface area (Å²) in [7, 11) is 5.00. The topological polar surface area (TPSA) is 102 Å². The largest absolute Gasteiger partial charge is 0.377 e. The molecule has 10 nitrogen and oxygen atoms in total. The summed E-state index contributed by atoms with van der Waals surface area (Å²) in [6.07, 6.45) is 7.71. The minimum atomic E-state index is -0.268. The van der Waals surface area contributed by atoms with Crippen molar-refractivity contribution in [2.45, 2.75) is 38.8 Å². The Hall–Kier alpha value is -4.18. The van der Waals surface area contributed by atoms with Crippen LogP contribution in [-0.4, -0.2) is 53.6 Å². The Kier molecular flexibility index (Phi) is 5.95. The first kappa shape index (κ1) is 25.1. The summed E-state index contributed by atoms with van der Waals surface area (Å²) in [6, 6.07) is 7.81. The van der Waals surface area contributed by atoms with Gasteiger partial charge in [0.25, 0.3) is 11.5 Å². The molecule has 1 aromatic carbocycles. The fourth-order valence-electron chi connectivity index (χ4n) is 5.12. The van der Waals surface area contributed by atoms with E-state index < -0.39 is 0 Å². The summed E-state index contributed by atoms with van der Waals surface area (Å²) >= 11 is 6.30. The van der Waals surface area contributed by atoms with Gasteiger partial charge in [-0.05, 0) is 56.0 Å². The number of rotatable bonds is 6. The first-order valence-corrected chi connectivity index (χ1v) is 13.2. The fraction of sp³-hybridized carbons (Fsp3) is 0.321. The highest BCUT2D eigenvalue weighted by molar-refractivity contribution is 6.29. The van der Waals surface area contributed by atoms with E-state index in [1.807, 2.05) is 47.5 Å². The molecule has 1 amide bonds. The molecule has 11 heteroatoms. The van der Waals surface area contributed by atoms with Gasteiger partial charge < -0.3 is 10.2 Å². The second-order valence-corrected chi connectivity index (χ2v) is 10.8. The van der Waals surface area contributed by atoms with Gasteiger partial charge in [-0.1, -0.05) is 17.7 Å². The van der Waals surface area contributed by atoms with Crippen LogP contribution in [0.3, 0.4) is 0 Å². The third-order valence-electron chi connectivity index (χ3n) is 7.22. The monoisotopic (exact) mass is 544 g/mol. The molecule has 39 heavy (non-hydrogen) atoms. The number of aromatic nitrogens is 6. The SMILES string of the molecule is Cc1cc(C(C)Nc2ccc(Cl)nc2-c2cnn(C3CC3)c2)c2c(c1)c(=O)n(C)c1c(C(=O)N(C)C)ncn21. The van der Waals surface area contributed by atoms with Crippen LogP contribution in [0.5, 0.6) is 0 Å². The second-order valence-electron chi connectivity index (χ2n) is 10.4. The zero-order chi connectivity index (χ0) is 27.6. The summed E-state index contributed by atoms with van der Waals surface area (Å²) in [5.41, 5.74) is 5.42. The van der Waals surface area contributed by atoms with Crippen molar-refractivity contribution in [2.24, 2.45) is 7.05 Å². The highest BCUT2D eigenvalue weighted by Gasteiger charge is 2.26. The molecule has 1 aliphatic carbocycles. The molecule has 1 saturated carbocycles. The van der Waals surface area contributed by atoms with Crippen LogP contribution in [0.15, 0.2) is 47.8 Å². The maximum atomic E-state index is 13.6. The van der Waals surface area contributed by atoms with Gasteiger partial charge in [-0.15, -0.1) is 0 Å². The van der Waals surface area contributed by atoms with Crippen molar-refractivity contribution < 1.29 is 4.79 Å². The molecular weight excluding hydrogens is 516 g/mol. The van der Waals surface area contributed by atoms with Gasteiger partial charge >= 0.3 is 0 Å². The lowest BCUT2D eigenvalue weighted by molar-refractivity contribution is 0.0824. The van der Waals surface area contributed by atoms with E-state index in [1.165, 1.54) is 9.47 Å². The van der Waals surface area contributed by atoms with Crippen LogP contribution >= 0.6 is 11.6 Å².